The molecule has 0 saturated carbocycles. The van der Waals surface area contributed by atoms with Crippen LogP contribution >= 0.6 is 23.5 Å². The molecule has 0 unspecified atom stereocenters. The zero-order chi connectivity index (χ0) is 20.9. The first kappa shape index (κ1) is 21.3. The van der Waals surface area contributed by atoms with Gasteiger partial charge in [0, 0.05) is 18.8 Å². The maximum Gasteiger partial charge on any atom is 0.262 e. The van der Waals surface area contributed by atoms with Gasteiger partial charge in [0.15, 0.2) is 18.2 Å². The van der Waals surface area contributed by atoms with Gasteiger partial charge in [-0.25, -0.2) is 8.78 Å². The number of thioether (sulfide) groups is 2. The van der Waals surface area contributed by atoms with Crippen molar-refractivity contribution in [3.05, 3.63) is 53.6 Å². The van der Waals surface area contributed by atoms with Gasteiger partial charge in [0.25, 0.3) is 5.91 Å². The molecule has 1 N–H and O–H groups in total. The Balaban J connectivity index is 1.31. The fraction of sp³-hybridized carbons (Fsp3) is 0.409. The Morgan fingerprint density at radius 1 is 1.03 bits per heavy atom. The monoisotopic (exact) mass is 450 g/mol. The highest BCUT2D eigenvalue weighted by molar-refractivity contribution is 8.16. The van der Waals surface area contributed by atoms with E-state index >= 15 is 0 Å². The predicted molar refractivity (Wildman–Crippen MR) is 121 cm³/mol. The summed E-state index contributed by atoms with van der Waals surface area (Å²) in [5.74, 6) is 1.14. The van der Waals surface area contributed by atoms with Gasteiger partial charge in [-0.15, -0.1) is 23.5 Å². The minimum absolute atomic E-state index is 0.0175. The summed E-state index contributed by atoms with van der Waals surface area (Å²) < 4.78 is 34.8. The standard InChI is InChI=1S/C22H24F2N2O2S2/c23-18-12-16(13-19(24)21(18)26-8-1-2-9-26)25-20(27)14-28-17-6-4-15(5-7-17)22-29-10-3-11-30-22/h4-7,12-13,22H,1-3,8-11,14H2,(H,25,27). The molecule has 8 heteroatoms. The Morgan fingerprint density at radius 2 is 1.67 bits per heavy atom. The third-order valence-corrected chi connectivity index (χ3v) is 8.09. The summed E-state index contributed by atoms with van der Waals surface area (Å²) in [6.45, 7) is 1.05. The zero-order valence-corrected chi connectivity index (χ0v) is 18.2. The molecule has 0 bridgehead atoms. The van der Waals surface area contributed by atoms with Crippen molar-refractivity contribution in [3.63, 3.8) is 0 Å². The average Bonchev–Trinajstić information content (AvgIpc) is 3.27. The highest BCUT2D eigenvalue weighted by Gasteiger charge is 2.21. The zero-order valence-electron chi connectivity index (χ0n) is 16.5. The van der Waals surface area contributed by atoms with Crippen LogP contribution in [0.2, 0.25) is 0 Å². The topological polar surface area (TPSA) is 41.6 Å². The van der Waals surface area contributed by atoms with Crippen LogP contribution in [0.25, 0.3) is 0 Å². The molecule has 30 heavy (non-hydrogen) atoms. The van der Waals surface area contributed by atoms with Crippen LogP contribution in [-0.2, 0) is 4.79 Å². The number of hydrogen-bond acceptors (Lipinski definition) is 5. The minimum Gasteiger partial charge on any atom is -0.484 e. The first-order chi connectivity index (χ1) is 14.6. The number of ether oxygens (including phenoxy) is 1. The van der Waals surface area contributed by atoms with Gasteiger partial charge in [-0.1, -0.05) is 12.1 Å². The highest BCUT2D eigenvalue weighted by Crippen LogP contribution is 2.43. The average molecular weight is 451 g/mol. The molecular formula is C22H24F2N2O2S2. The van der Waals surface area contributed by atoms with E-state index in [2.05, 4.69) is 5.32 Å². The Hall–Kier alpha value is -1.93. The molecular weight excluding hydrogens is 426 g/mol. The number of rotatable bonds is 6. The van der Waals surface area contributed by atoms with Gasteiger partial charge in [0.2, 0.25) is 0 Å². The molecule has 0 radical (unpaired) electrons. The van der Waals surface area contributed by atoms with Crippen LogP contribution in [0.5, 0.6) is 5.75 Å². The largest absolute Gasteiger partial charge is 0.484 e. The summed E-state index contributed by atoms with van der Waals surface area (Å²) in [5.41, 5.74) is 1.31. The van der Waals surface area contributed by atoms with Crippen LogP contribution in [0.3, 0.4) is 0 Å². The van der Waals surface area contributed by atoms with Gasteiger partial charge in [-0.3, -0.25) is 4.79 Å². The Kier molecular flexibility index (Phi) is 7.04. The van der Waals surface area contributed by atoms with Crippen molar-refractivity contribution in [2.75, 3.05) is 41.4 Å². The van der Waals surface area contributed by atoms with E-state index in [1.807, 2.05) is 47.8 Å². The number of anilines is 2. The maximum atomic E-state index is 14.4. The Bertz CT molecular complexity index is 860. The normalized spacial score (nSPS) is 17.2. The van der Waals surface area contributed by atoms with Crippen molar-refractivity contribution in [1.82, 2.24) is 0 Å². The minimum atomic E-state index is -0.665. The van der Waals surface area contributed by atoms with Crippen LogP contribution < -0.4 is 15.0 Å². The number of nitrogens with zero attached hydrogens (tertiary/aromatic N) is 1. The molecule has 4 nitrogen and oxygen atoms in total. The molecule has 2 aromatic rings. The first-order valence-electron chi connectivity index (χ1n) is 10.1. The van der Waals surface area contributed by atoms with Gasteiger partial charge in [0.1, 0.15) is 11.4 Å². The van der Waals surface area contributed by atoms with E-state index in [-0.39, 0.29) is 18.0 Å². The molecule has 2 fully saturated rings. The summed E-state index contributed by atoms with van der Waals surface area (Å²) in [6.07, 6.45) is 3.10. The smallest absolute Gasteiger partial charge is 0.262 e. The van der Waals surface area contributed by atoms with E-state index in [1.165, 1.54) is 23.5 Å². The molecule has 2 heterocycles. The lowest BCUT2D eigenvalue weighted by Crippen LogP contribution is -2.22. The second-order valence-electron chi connectivity index (χ2n) is 7.32. The van der Waals surface area contributed by atoms with Crippen LogP contribution in [0.1, 0.15) is 29.4 Å². The van der Waals surface area contributed by atoms with Crippen molar-refractivity contribution >= 4 is 40.8 Å². The van der Waals surface area contributed by atoms with Gasteiger partial charge < -0.3 is 15.0 Å². The number of amides is 1. The molecule has 2 aromatic carbocycles. The Labute approximate surface area is 183 Å². The third kappa shape index (κ3) is 5.21. The number of benzene rings is 2. The summed E-state index contributed by atoms with van der Waals surface area (Å²) >= 11 is 3.89. The number of hydrogen-bond donors (Lipinski definition) is 1. The van der Waals surface area contributed by atoms with E-state index in [4.69, 9.17) is 4.74 Å². The third-order valence-electron chi connectivity index (χ3n) is 5.07. The molecule has 4 rings (SSSR count). The van der Waals surface area contributed by atoms with Gasteiger partial charge in [0.05, 0.1) is 4.58 Å². The lowest BCUT2D eigenvalue weighted by molar-refractivity contribution is -0.118. The number of nitrogens with one attached hydrogen (secondary N) is 1. The van der Waals surface area contributed by atoms with Gasteiger partial charge in [-0.05, 0) is 60.6 Å². The van der Waals surface area contributed by atoms with Crippen molar-refractivity contribution in [2.45, 2.75) is 23.8 Å². The molecule has 160 valence electrons. The fourth-order valence-electron chi connectivity index (χ4n) is 3.63. The summed E-state index contributed by atoms with van der Waals surface area (Å²) in [5, 5.41) is 2.51. The number of carbonyl (C=O) groups excluding carboxylic acids is 1. The van der Waals surface area contributed by atoms with Gasteiger partial charge in [-0.2, -0.15) is 0 Å². The molecule has 0 atom stereocenters. The number of halogens is 2. The lowest BCUT2D eigenvalue weighted by atomic mass is 10.2. The van der Waals surface area contributed by atoms with E-state index < -0.39 is 17.5 Å². The first-order valence-corrected chi connectivity index (χ1v) is 12.2. The predicted octanol–water partition coefficient (Wildman–Crippen LogP) is 5.45. The second-order valence-corrected chi connectivity index (χ2v) is 10.0. The maximum absolute atomic E-state index is 14.4. The summed E-state index contributed by atoms with van der Waals surface area (Å²) in [7, 11) is 0. The summed E-state index contributed by atoms with van der Waals surface area (Å²) in [4.78, 5) is 13.9. The van der Waals surface area contributed by atoms with Gasteiger partial charge >= 0.3 is 0 Å². The molecule has 1 amide bonds. The molecule has 0 aromatic heterocycles. The van der Waals surface area contributed by atoms with Crippen molar-refractivity contribution in [1.29, 1.82) is 0 Å². The lowest BCUT2D eigenvalue weighted by Gasteiger charge is -2.21. The molecule has 0 spiro atoms. The van der Waals surface area contributed by atoms with Crippen LogP contribution in [0.15, 0.2) is 36.4 Å². The van der Waals surface area contributed by atoms with Crippen molar-refractivity contribution in [2.24, 2.45) is 0 Å². The molecule has 0 aliphatic carbocycles. The van der Waals surface area contributed by atoms with Crippen LogP contribution in [0, 0.1) is 11.6 Å². The number of carbonyl (C=O) groups is 1. The quantitative estimate of drug-likeness (QED) is 0.634. The van der Waals surface area contributed by atoms with E-state index in [0.717, 1.165) is 25.0 Å². The van der Waals surface area contributed by atoms with E-state index in [1.54, 1.807) is 4.90 Å². The SMILES string of the molecule is O=C(COc1ccc(C2SCCCS2)cc1)Nc1cc(F)c(N2CCCC2)c(F)c1. The molecule has 2 aliphatic heterocycles. The highest BCUT2D eigenvalue weighted by atomic mass is 32.2. The van der Waals surface area contributed by atoms with Crippen molar-refractivity contribution in [3.8, 4) is 5.75 Å². The second kappa shape index (κ2) is 9.92. The Morgan fingerprint density at radius 3 is 2.30 bits per heavy atom. The van der Waals surface area contributed by atoms with Crippen LogP contribution in [-0.4, -0.2) is 37.1 Å². The van der Waals surface area contributed by atoms with E-state index in [9.17, 15) is 13.6 Å². The molecule has 2 saturated heterocycles. The molecule has 2 aliphatic rings. The van der Waals surface area contributed by atoms with E-state index in [0.29, 0.717) is 23.4 Å². The van der Waals surface area contributed by atoms with Crippen molar-refractivity contribution < 1.29 is 18.3 Å². The van der Waals surface area contributed by atoms with Crippen LogP contribution in [0.4, 0.5) is 20.2 Å². The summed E-state index contributed by atoms with van der Waals surface area (Å²) in [6, 6.07) is 10.0. The fourth-order valence-corrected chi connectivity index (χ4v) is 6.52.